The largest absolute Gasteiger partial charge is 0.495 e. The normalized spacial score (nSPS) is 22.4. The molecule has 0 radical (unpaired) electrons. The van der Waals surface area contributed by atoms with Crippen molar-refractivity contribution in [2.75, 3.05) is 17.1 Å². The average molecular weight is 483 g/mol. The second-order valence-corrected chi connectivity index (χ2v) is 10.8. The molecule has 2 bridgehead atoms. The maximum absolute atomic E-state index is 12.8. The molecule has 0 aromatic heterocycles. The van der Waals surface area contributed by atoms with Gasteiger partial charge >= 0.3 is 0 Å². The Kier molecular flexibility index (Phi) is 6.37. The molecule has 0 spiro atoms. The van der Waals surface area contributed by atoms with Crippen LogP contribution in [0.5, 0.6) is 5.75 Å². The number of sulfonamides is 1. The first kappa shape index (κ1) is 22.2. The molecule has 3 atom stereocenters. The fourth-order valence-corrected chi connectivity index (χ4v) is 6.24. The van der Waals surface area contributed by atoms with Crippen LogP contribution in [0.25, 0.3) is 0 Å². The molecule has 2 fully saturated rings. The molecule has 0 aliphatic heterocycles. The minimum Gasteiger partial charge on any atom is -0.495 e. The van der Waals surface area contributed by atoms with Crippen LogP contribution in [0.15, 0.2) is 41.3 Å². The standard InChI is InChI=1S/C22H24Cl2N2O4S/c1-30-21-7-4-16(25-22(27)10-15-9-13-2-3-14(15)8-13)11-20(21)26-31(28,29)17-5-6-18(23)19(24)12-17/h4-7,11-15,26H,2-3,8-10H2,1H3,(H,25,27)/t13-,14+,15-/m1/s1. The van der Waals surface area contributed by atoms with E-state index in [0.717, 1.165) is 12.3 Å². The zero-order valence-corrected chi connectivity index (χ0v) is 19.4. The summed E-state index contributed by atoms with van der Waals surface area (Å²) in [6.45, 7) is 0. The van der Waals surface area contributed by atoms with Crippen molar-refractivity contribution in [3.63, 3.8) is 0 Å². The van der Waals surface area contributed by atoms with Crippen LogP contribution in [0.3, 0.4) is 0 Å². The fraction of sp³-hybridized carbons (Fsp3) is 0.409. The van der Waals surface area contributed by atoms with Crippen molar-refractivity contribution in [3.05, 3.63) is 46.4 Å². The number of hydrogen-bond acceptors (Lipinski definition) is 4. The van der Waals surface area contributed by atoms with Crippen molar-refractivity contribution in [2.24, 2.45) is 17.8 Å². The van der Waals surface area contributed by atoms with Gasteiger partial charge in [-0.3, -0.25) is 9.52 Å². The van der Waals surface area contributed by atoms with E-state index in [0.29, 0.717) is 29.7 Å². The molecule has 4 rings (SSSR count). The molecule has 2 aliphatic carbocycles. The summed E-state index contributed by atoms with van der Waals surface area (Å²) in [5.41, 5.74) is 0.715. The Balaban J connectivity index is 1.49. The predicted molar refractivity (Wildman–Crippen MR) is 122 cm³/mol. The van der Waals surface area contributed by atoms with Crippen LogP contribution >= 0.6 is 23.2 Å². The molecule has 2 N–H and O–H groups in total. The summed E-state index contributed by atoms with van der Waals surface area (Å²) in [7, 11) is -2.50. The summed E-state index contributed by atoms with van der Waals surface area (Å²) >= 11 is 11.8. The molecular formula is C22H24Cl2N2O4S. The molecule has 1 amide bonds. The van der Waals surface area contributed by atoms with Crippen molar-refractivity contribution in [3.8, 4) is 5.75 Å². The number of ether oxygens (including phenoxy) is 1. The SMILES string of the molecule is COc1ccc(NC(=O)C[C@H]2C[C@@H]3CC[C@H]2C3)cc1NS(=O)(=O)c1ccc(Cl)c(Cl)c1. The van der Waals surface area contributed by atoms with E-state index in [1.807, 2.05) is 0 Å². The highest BCUT2D eigenvalue weighted by molar-refractivity contribution is 7.92. The lowest BCUT2D eigenvalue weighted by molar-refractivity contribution is -0.117. The van der Waals surface area contributed by atoms with Gasteiger partial charge in [-0.15, -0.1) is 0 Å². The van der Waals surface area contributed by atoms with E-state index in [1.165, 1.54) is 44.6 Å². The fourth-order valence-electron chi connectivity index (χ4n) is 4.79. The van der Waals surface area contributed by atoms with Crippen LogP contribution in [-0.4, -0.2) is 21.4 Å². The van der Waals surface area contributed by atoms with Gasteiger partial charge in [-0.25, -0.2) is 8.42 Å². The summed E-state index contributed by atoms with van der Waals surface area (Å²) in [4.78, 5) is 12.5. The summed E-state index contributed by atoms with van der Waals surface area (Å²) in [5, 5.41) is 3.29. The van der Waals surface area contributed by atoms with Crippen LogP contribution in [0.2, 0.25) is 10.0 Å². The van der Waals surface area contributed by atoms with Crippen molar-refractivity contribution < 1.29 is 17.9 Å². The average Bonchev–Trinajstić information content (AvgIpc) is 3.33. The molecule has 166 valence electrons. The Bertz CT molecular complexity index is 1110. The van der Waals surface area contributed by atoms with Gasteiger partial charge in [-0.05, 0) is 73.4 Å². The summed E-state index contributed by atoms with van der Waals surface area (Å²) in [6.07, 6.45) is 5.41. The zero-order chi connectivity index (χ0) is 22.2. The Morgan fingerprint density at radius 3 is 2.55 bits per heavy atom. The van der Waals surface area contributed by atoms with Gasteiger partial charge in [0.1, 0.15) is 5.75 Å². The van der Waals surface area contributed by atoms with Crippen LogP contribution in [0.4, 0.5) is 11.4 Å². The molecule has 0 unspecified atom stereocenters. The van der Waals surface area contributed by atoms with Gasteiger partial charge in [0.2, 0.25) is 5.91 Å². The highest BCUT2D eigenvalue weighted by atomic mass is 35.5. The highest BCUT2D eigenvalue weighted by Crippen LogP contribution is 2.49. The van der Waals surface area contributed by atoms with Gasteiger partial charge in [0, 0.05) is 12.1 Å². The van der Waals surface area contributed by atoms with Gasteiger partial charge in [0.05, 0.1) is 27.7 Å². The number of hydrogen-bond donors (Lipinski definition) is 2. The topological polar surface area (TPSA) is 84.5 Å². The maximum atomic E-state index is 12.8. The molecule has 2 saturated carbocycles. The maximum Gasteiger partial charge on any atom is 0.262 e. The number of anilines is 2. The Hall–Kier alpha value is -1.96. The van der Waals surface area contributed by atoms with Crippen molar-refractivity contribution in [2.45, 2.75) is 37.0 Å². The third-order valence-corrected chi connectivity index (χ3v) is 8.36. The second kappa shape index (κ2) is 8.88. The number of nitrogens with one attached hydrogen (secondary N) is 2. The van der Waals surface area contributed by atoms with Crippen molar-refractivity contribution in [1.29, 1.82) is 0 Å². The highest BCUT2D eigenvalue weighted by Gasteiger charge is 2.40. The van der Waals surface area contributed by atoms with Gasteiger partial charge in [0.15, 0.2) is 0 Å². The molecule has 2 aliphatic rings. The Labute approximate surface area is 192 Å². The third kappa shape index (κ3) is 4.94. The van der Waals surface area contributed by atoms with Gasteiger partial charge in [0.25, 0.3) is 10.0 Å². The third-order valence-electron chi connectivity index (χ3n) is 6.26. The number of benzene rings is 2. The van der Waals surface area contributed by atoms with E-state index in [4.69, 9.17) is 27.9 Å². The zero-order valence-electron chi connectivity index (χ0n) is 17.0. The number of methoxy groups -OCH3 is 1. The summed E-state index contributed by atoms with van der Waals surface area (Å²) in [6, 6.07) is 8.91. The Morgan fingerprint density at radius 1 is 1.10 bits per heavy atom. The lowest BCUT2D eigenvalue weighted by Crippen LogP contribution is -2.20. The van der Waals surface area contributed by atoms with Gasteiger partial charge < -0.3 is 10.1 Å². The van der Waals surface area contributed by atoms with Crippen molar-refractivity contribution in [1.82, 2.24) is 0 Å². The molecule has 9 heteroatoms. The number of carbonyl (C=O) groups is 1. The van der Waals surface area contributed by atoms with E-state index < -0.39 is 10.0 Å². The van der Waals surface area contributed by atoms with Crippen LogP contribution < -0.4 is 14.8 Å². The van der Waals surface area contributed by atoms with E-state index in [-0.39, 0.29) is 26.5 Å². The van der Waals surface area contributed by atoms with E-state index in [1.54, 1.807) is 18.2 Å². The minimum absolute atomic E-state index is 0.0327. The quantitative estimate of drug-likeness (QED) is 0.540. The first-order valence-corrected chi connectivity index (χ1v) is 12.4. The van der Waals surface area contributed by atoms with Crippen LogP contribution in [0, 0.1) is 17.8 Å². The van der Waals surface area contributed by atoms with E-state index in [9.17, 15) is 13.2 Å². The number of fused-ring (bicyclic) bond motifs is 2. The summed E-state index contributed by atoms with van der Waals surface area (Å²) < 4.78 is 33.4. The molecule has 2 aromatic rings. The summed E-state index contributed by atoms with van der Waals surface area (Å²) in [5.74, 6) is 2.17. The first-order chi connectivity index (χ1) is 14.7. The van der Waals surface area contributed by atoms with Gasteiger partial charge in [-0.1, -0.05) is 29.6 Å². The van der Waals surface area contributed by atoms with Crippen molar-refractivity contribution >= 4 is 50.5 Å². The van der Waals surface area contributed by atoms with E-state index >= 15 is 0 Å². The van der Waals surface area contributed by atoms with Crippen LogP contribution in [-0.2, 0) is 14.8 Å². The minimum atomic E-state index is -3.94. The van der Waals surface area contributed by atoms with Gasteiger partial charge in [-0.2, -0.15) is 0 Å². The first-order valence-electron chi connectivity index (χ1n) is 10.2. The van der Waals surface area contributed by atoms with Crippen LogP contribution in [0.1, 0.15) is 32.1 Å². The lowest BCUT2D eigenvalue weighted by Gasteiger charge is -2.21. The second-order valence-electron chi connectivity index (χ2n) is 8.28. The number of rotatable bonds is 7. The molecule has 0 heterocycles. The molecule has 2 aromatic carbocycles. The number of carbonyl (C=O) groups excluding carboxylic acids is 1. The molecule has 0 saturated heterocycles. The number of halogens is 2. The predicted octanol–water partition coefficient (Wildman–Crippen LogP) is 5.57. The molecular weight excluding hydrogens is 459 g/mol. The Morgan fingerprint density at radius 2 is 1.90 bits per heavy atom. The number of amides is 1. The molecule has 31 heavy (non-hydrogen) atoms. The monoisotopic (exact) mass is 482 g/mol. The smallest absolute Gasteiger partial charge is 0.262 e. The molecule has 6 nitrogen and oxygen atoms in total. The van der Waals surface area contributed by atoms with E-state index in [2.05, 4.69) is 10.0 Å². The lowest BCUT2D eigenvalue weighted by atomic mass is 9.86.